The summed E-state index contributed by atoms with van der Waals surface area (Å²) >= 11 is 2.27. The average Bonchev–Trinajstić information content (AvgIpc) is 2.28. The van der Waals surface area contributed by atoms with Crippen molar-refractivity contribution in [1.82, 2.24) is 0 Å². The molecule has 2 aromatic rings. The fourth-order valence-corrected chi connectivity index (χ4v) is 2.54. The van der Waals surface area contributed by atoms with Crippen LogP contribution < -0.4 is 9.47 Å². The number of fused-ring (bicyclic) bond motifs is 1. The number of halogens is 1. The lowest BCUT2D eigenvalue weighted by atomic mass is 10.1. The van der Waals surface area contributed by atoms with Crippen molar-refractivity contribution in [2.24, 2.45) is 0 Å². The summed E-state index contributed by atoms with van der Waals surface area (Å²) in [5, 5.41) is 2.19. The van der Waals surface area contributed by atoms with Crippen LogP contribution in [0.3, 0.4) is 0 Å². The second-order valence-corrected chi connectivity index (χ2v) is 4.81. The Labute approximate surface area is 109 Å². The van der Waals surface area contributed by atoms with Gasteiger partial charge in [-0.05, 0) is 52.6 Å². The summed E-state index contributed by atoms with van der Waals surface area (Å²) in [6.45, 7) is 2.06. The van der Waals surface area contributed by atoms with Gasteiger partial charge in [0.05, 0.1) is 23.2 Å². The van der Waals surface area contributed by atoms with Gasteiger partial charge in [-0.2, -0.15) is 0 Å². The van der Waals surface area contributed by atoms with Gasteiger partial charge in [-0.3, -0.25) is 0 Å². The van der Waals surface area contributed by atoms with E-state index >= 15 is 0 Å². The van der Waals surface area contributed by atoms with Crippen molar-refractivity contribution in [3.63, 3.8) is 0 Å². The van der Waals surface area contributed by atoms with E-state index < -0.39 is 0 Å². The third-order valence-corrected chi connectivity index (χ3v) is 3.40. The summed E-state index contributed by atoms with van der Waals surface area (Å²) in [6.07, 6.45) is 0. The predicted octanol–water partition coefficient (Wildman–Crippen LogP) is 3.77. The van der Waals surface area contributed by atoms with Gasteiger partial charge in [-0.15, -0.1) is 0 Å². The Morgan fingerprint density at radius 3 is 2.44 bits per heavy atom. The van der Waals surface area contributed by atoms with Crippen molar-refractivity contribution in [2.75, 3.05) is 14.2 Å². The van der Waals surface area contributed by atoms with Crippen LogP contribution in [0, 0.1) is 10.5 Å². The van der Waals surface area contributed by atoms with E-state index in [0.717, 1.165) is 25.8 Å². The second kappa shape index (κ2) is 4.49. The highest BCUT2D eigenvalue weighted by atomic mass is 127. The Balaban J connectivity index is 2.89. The van der Waals surface area contributed by atoms with Crippen molar-refractivity contribution in [2.45, 2.75) is 6.92 Å². The normalized spacial score (nSPS) is 10.5. The van der Waals surface area contributed by atoms with Crippen LogP contribution >= 0.6 is 22.6 Å². The van der Waals surface area contributed by atoms with E-state index in [9.17, 15) is 0 Å². The first-order chi connectivity index (χ1) is 7.67. The van der Waals surface area contributed by atoms with Crippen LogP contribution in [0.1, 0.15) is 5.56 Å². The molecular formula is C13H13IO2. The lowest BCUT2D eigenvalue weighted by Crippen LogP contribution is -1.93. The van der Waals surface area contributed by atoms with Crippen LogP contribution in [0.25, 0.3) is 10.8 Å². The van der Waals surface area contributed by atoms with Crippen LogP contribution in [0.5, 0.6) is 11.5 Å². The van der Waals surface area contributed by atoms with E-state index in [2.05, 4.69) is 47.7 Å². The Hall–Kier alpha value is -0.970. The third-order valence-electron chi connectivity index (χ3n) is 2.55. The smallest absolute Gasteiger partial charge is 0.143 e. The van der Waals surface area contributed by atoms with Crippen molar-refractivity contribution >= 4 is 33.4 Å². The maximum atomic E-state index is 5.45. The molecule has 0 spiro atoms. The summed E-state index contributed by atoms with van der Waals surface area (Å²) in [7, 11) is 3.38. The third kappa shape index (κ3) is 1.84. The molecule has 0 radical (unpaired) electrons. The van der Waals surface area contributed by atoms with Crippen LogP contribution in [0.15, 0.2) is 24.3 Å². The van der Waals surface area contributed by atoms with Gasteiger partial charge in [0.15, 0.2) is 0 Å². The molecule has 2 nitrogen and oxygen atoms in total. The first kappa shape index (κ1) is 11.5. The molecule has 0 aliphatic rings. The second-order valence-electron chi connectivity index (χ2n) is 3.65. The fourth-order valence-electron chi connectivity index (χ4n) is 1.87. The number of rotatable bonds is 2. The molecule has 0 fully saturated rings. The fraction of sp³-hybridized carbons (Fsp3) is 0.231. The highest BCUT2D eigenvalue weighted by Gasteiger charge is 2.11. The molecule has 0 heterocycles. The molecule has 0 aliphatic heterocycles. The van der Waals surface area contributed by atoms with E-state index in [0.29, 0.717) is 0 Å². The number of benzene rings is 2. The predicted molar refractivity (Wildman–Crippen MR) is 74.5 cm³/mol. The number of hydrogen-bond acceptors (Lipinski definition) is 2. The van der Waals surface area contributed by atoms with Crippen LogP contribution in [0.2, 0.25) is 0 Å². The zero-order valence-corrected chi connectivity index (χ0v) is 11.7. The monoisotopic (exact) mass is 328 g/mol. The van der Waals surface area contributed by atoms with Gasteiger partial charge in [-0.1, -0.05) is 12.1 Å². The van der Waals surface area contributed by atoms with Gasteiger partial charge in [0.1, 0.15) is 11.5 Å². The molecular weight excluding hydrogens is 315 g/mol. The van der Waals surface area contributed by atoms with Gasteiger partial charge in [0, 0.05) is 0 Å². The van der Waals surface area contributed by atoms with E-state index in [1.165, 1.54) is 5.56 Å². The van der Waals surface area contributed by atoms with Gasteiger partial charge in [0.2, 0.25) is 0 Å². The Morgan fingerprint density at radius 1 is 1.06 bits per heavy atom. The maximum Gasteiger partial charge on any atom is 0.143 e. The highest BCUT2D eigenvalue weighted by Crippen LogP contribution is 2.37. The number of ether oxygens (including phenoxy) is 2. The molecule has 16 heavy (non-hydrogen) atoms. The van der Waals surface area contributed by atoms with Crippen LogP contribution in [-0.2, 0) is 0 Å². The number of hydrogen-bond donors (Lipinski definition) is 0. The van der Waals surface area contributed by atoms with Gasteiger partial charge in [-0.25, -0.2) is 0 Å². The van der Waals surface area contributed by atoms with Gasteiger partial charge < -0.3 is 9.47 Å². The summed E-state index contributed by atoms with van der Waals surface area (Å²) in [6, 6.07) is 8.31. The minimum absolute atomic E-state index is 0.866. The van der Waals surface area contributed by atoms with Crippen molar-refractivity contribution in [3.05, 3.63) is 33.4 Å². The molecule has 2 aromatic carbocycles. The molecule has 0 bridgehead atoms. The van der Waals surface area contributed by atoms with E-state index in [-0.39, 0.29) is 0 Å². The van der Waals surface area contributed by atoms with Gasteiger partial charge in [0.25, 0.3) is 0 Å². The molecule has 0 saturated heterocycles. The first-order valence-corrected chi connectivity index (χ1v) is 6.06. The minimum atomic E-state index is 0.866. The van der Waals surface area contributed by atoms with Crippen molar-refractivity contribution in [3.8, 4) is 11.5 Å². The Kier molecular flexibility index (Phi) is 3.23. The van der Waals surface area contributed by atoms with E-state index in [4.69, 9.17) is 9.47 Å². The topological polar surface area (TPSA) is 18.5 Å². The Morgan fingerprint density at radius 2 is 1.81 bits per heavy atom. The van der Waals surface area contributed by atoms with Crippen molar-refractivity contribution < 1.29 is 9.47 Å². The molecule has 0 N–H and O–H groups in total. The van der Waals surface area contributed by atoms with Crippen LogP contribution in [0.4, 0.5) is 0 Å². The molecule has 0 aliphatic carbocycles. The number of methoxy groups -OCH3 is 2. The van der Waals surface area contributed by atoms with E-state index in [1.807, 2.05) is 6.07 Å². The molecule has 0 amide bonds. The molecule has 0 saturated carbocycles. The highest BCUT2D eigenvalue weighted by molar-refractivity contribution is 14.1. The molecule has 84 valence electrons. The summed E-state index contributed by atoms with van der Waals surface area (Å²) < 4.78 is 12.0. The average molecular weight is 328 g/mol. The maximum absolute atomic E-state index is 5.45. The summed E-state index contributed by atoms with van der Waals surface area (Å²) in [4.78, 5) is 0. The standard InChI is InChI=1S/C13H13IO2/c1-8-6-9-4-5-10(14)13(16-3)12(9)11(7-8)15-2/h4-7H,1-3H3. The van der Waals surface area contributed by atoms with Gasteiger partial charge >= 0.3 is 0 Å². The molecule has 0 aromatic heterocycles. The minimum Gasteiger partial charge on any atom is -0.496 e. The number of aryl methyl sites for hydroxylation is 1. The molecule has 0 unspecified atom stereocenters. The largest absolute Gasteiger partial charge is 0.496 e. The lowest BCUT2D eigenvalue weighted by molar-refractivity contribution is 0.403. The summed E-state index contributed by atoms with van der Waals surface area (Å²) in [5.74, 6) is 1.75. The molecule has 2 rings (SSSR count). The first-order valence-electron chi connectivity index (χ1n) is 4.98. The zero-order valence-electron chi connectivity index (χ0n) is 9.50. The van der Waals surface area contributed by atoms with Crippen molar-refractivity contribution in [1.29, 1.82) is 0 Å². The van der Waals surface area contributed by atoms with Crippen LogP contribution in [-0.4, -0.2) is 14.2 Å². The summed E-state index contributed by atoms with van der Waals surface area (Å²) in [5.41, 5.74) is 1.19. The lowest BCUT2D eigenvalue weighted by Gasteiger charge is -2.12. The SMILES string of the molecule is COc1cc(C)cc2ccc(I)c(OC)c12. The molecule has 0 atom stereocenters. The molecule has 3 heteroatoms. The Bertz CT molecular complexity index is 535. The quantitative estimate of drug-likeness (QED) is 0.782. The zero-order chi connectivity index (χ0) is 11.7. The van der Waals surface area contributed by atoms with E-state index in [1.54, 1.807) is 14.2 Å².